The molecular weight excluding hydrogens is 573 g/mol. The number of carbonyl (C=O) groups is 1. The van der Waals surface area contributed by atoms with E-state index in [0.29, 0.717) is 45.1 Å². The number of carboxylic acid groups (broad SMARTS) is 1. The van der Waals surface area contributed by atoms with Crippen LogP contribution in [0.4, 0.5) is 5.13 Å². The topological polar surface area (TPSA) is 97.9 Å². The molecule has 2 aliphatic rings. The first-order valence-corrected chi connectivity index (χ1v) is 15.0. The number of fused-ring (bicyclic) bond motifs is 1. The molecule has 3 heterocycles. The molecule has 1 saturated heterocycles. The fraction of sp³-hybridized carbons (Fsp3) is 0.414. The number of aromatic nitrogens is 2. The third-order valence-electron chi connectivity index (χ3n) is 7.78. The lowest BCUT2D eigenvalue weighted by molar-refractivity contribution is -0.0117. The first-order valence-electron chi connectivity index (χ1n) is 13.4. The second kappa shape index (κ2) is 11.2. The van der Waals surface area contributed by atoms with E-state index in [2.05, 4.69) is 17.0 Å². The van der Waals surface area contributed by atoms with Crippen LogP contribution < -0.4 is 9.64 Å². The van der Waals surface area contributed by atoms with E-state index in [0.717, 1.165) is 59.9 Å². The molecule has 4 aromatic rings. The quantitative estimate of drug-likeness (QED) is 0.209. The molecule has 2 aromatic carbocycles. The maximum Gasteiger partial charge on any atom is 0.335 e. The van der Waals surface area contributed by atoms with Gasteiger partial charge in [-0.1, -0.05) is 52.7 Å². The van der Waals surface area contributed by atoms with Gasteiger partial charge >= 0.3 is 5.97 Å². The van der Waals surface area contributed by atoms with E-state index in [1.165, 1.54) is 24.5 Å². The number of ether oxygens (including phenoxy) is 2. The molecular formula is C29H29Cl2N3O5S. The van der Waals surface area contributed by atoms with Crippen LogP contribution in [0.25, 0.3) is 21.5 Å². The molecule has 6 rings (SSSR count). The molecule has 0 spiro atoms. The summed E-state index contributed by atoms with van der Waals surface area (Å²) in [5.74, 6) is 1.01. The minimum absolute atomic E-state index is 0.0558. The average molecular weight is 603 g/mol. The summed E-state index contributed by atoms with van der Waals surface area (Å²) in [5.41, 5.74) is 3.15. The van der Waals surface area contributed by atoms with Crippen LogP contribution in [0.2, 0.25) is 10.0 Å². The van der Waals surface area contributed by atoms with Crippen LogP contribution in [-0.2, 0) is 11.3 Å². The van der Waals surface area contributed by atoms with Crippen LogP contribution in [0, 0.1) is 5.92 Å². The minimum Gasteiger partial charge on any atom is -0.494 e. The maximum absolute atomic E-state index is 11.6. The van der Waals surface area contributed by atoms with Crippen molar-refractivity contribution < 1.29 is 23.9 Å². The molecule has 0 radical (unpaired) electrons. The van der Waals surface area contributed by atoms with Gasteiger partial charge in [-0.2, -0.15) is 0 Å². The smallest absolute Gasteiger partial charge is 0.335 e. The molecule has 0 unspecified atom stereocenters. The zero-order valence-electron chi connectivity index (χ0n) is 22.2. The second-order valence-electron chi connectivity index (χ2n) is 10.3. The van der Waals surface area contributed by atoms with Crippen molar-refractivity contribution in [2.24, 2.45) is 5.92 Å². The number of hydrogen-bond donors (Lipinski definition) is 1. The van der Waals surface area contributed by atoms with Gasteiger partial charge < -0.3 is 24.0 Å². The Morgan fingerprint density at radius 2 is 2.00 bits per heavy atom. The van der Waals surface area contributed by atoms with Crippen molar-refractivity contribution in [3.63, 3.8) is 0 Å². The zero-order chi connectivity index (χ0) is 28.0. The van der Waals surface area contributed by atoms with Gasteiger partial charge in [-0.15, -0.1) is 0 Å². The molecule has 40 heavy (non-hydrogen) atoms. The Morgan fingerprint density at radius 3 is 2.67 bits per heavy atom. The predicted molar refractivity (Wildman–Crippen MR) is 156 cm³/mol. The number of rotatable bonds is 9. The van der Waals surface area contributed by atoms with Crippen molar-refractivity contribution in [2.75, 3.05) is 25.1 Å². The van der Waals surface area contributed by atoms with Crippen molar-refractivity contribution in [3.8, 4) is 17.0 Å². The SMILES string of the molecule is CC[C@@H]1CN(c2nc3c(OC)cc(C(=O)O)cc3s2)CC[C@@H]1OCc1c(-c2c(Cl)cccc2Cl)noc1C1CC1. The monoisotopic (exact) mass is 601 g/mol. The first-order chi connectivity index (χ1) is 19.4. The Labute approximate surface area is 245 Å². The summed E-state index contributed by atoms with van der Waals surface area (Å²) in [7, 11) is 1.53. The van der Waals surface area contributed by atoms with E-state index in [1.54, 1.807) is 6.07 Å². The summed E-state index contributed by atoms with van der Waals surface area (Å²) < 4.78 is 18.7. The lowest BCUT2D eigenvalue weighted by Gasteiger charge is -2.38. The number of hydrogen-bond acceptors (Lipinski definition) is 8. The molecule has 8 nitrogen and oxygen atoms in total. The van der Waals surface area contributed by atoms with E-state index in [1.807, 2.05) is 18.2 Å². The van der Waals surface area contributed by atoms with Gasteiger partial charge in [-0.05, 0) is 49.9 Å². The third-order valence-corrected chi connectivity index (χ3v) is 9.48. The van der Waals surface area contributed by atoms with Crippen molar-refractivity contribution in [1.29, 1.82) is 0 Å². The average Bonchev–Trinajstić information content (AvgIpc) is 3.56. The van der Waals surface area contributed by atoms with Crippen molar-refractivity contribution in [2.45, 2.75) is 51.2 Å². The number of carboxylic acids is 1. The van der Waals surface area contributed by atoms with E-state index in [-0.39, 0.29) is 17.6 Å². The summed E-state index contributed by atoms with van der Waals surface area (Å²) in [5, 5.41) is 15.8. The molecule has 11 heteroatoms. The lowest BCUT2D eigenvalue weighted by Crippen LogP contribution is -2.44. The summed E-state index contributed by atoms with van der Waals surface area (Å²) >= 11 is 14.5. The molecule has 0 bridgehead atoms. The number of halogens is 2. The number of piperidine rings is 1. The highest BCUT2D eigenvalue weighted by atomic mass is 35.5. The highest BCUT2D eigenvalue weighted by Gasteiger charge is 2.35. The molecule has 2 fully saturated rings. The number of anilines is 1. The van der Waals surface area contributed by atoms with Crippen LogP contribution in [0.1, 0.15) is 60.2 Å². The van der Waals surface area contributed by atoms with E-state index < -0.39 is 5.97 Å². The number of benzene rings is 2. The molecule has 1 N–H and O–H groups in total. The predicted octanol–water partition coefficient (Wildman–Crippen LogP) is 7.66. The molecule has 0 amide bonds. The van der Waals surface area contributed by atoms with E-state index >= 15 is 0 Å². The Kier molecular flexibility index (Phi) is 7.65. The molecule has 1 saturated carbocycles. The number of methoxy groups -OCH3 is 1. The van der Waals surface area contributed by atoms with Gasteiger partial charge in [0.25, 0.3) is 0 Å². The Hall–Kier alpha value is -2.85. The number of thiazole rings is 1. The lowest BCUT2D eigenvalue weighted by atomic mass is 9.92. The third kappa shape index (κ3) is 5.16. The fourth-order valence-corrected chi connectivity index (χ4v) is 7.07. The van der Waals surface area contributed by atoms with Crippen LogP contribution in [0.15, 0.2) is 34.9 Å². The molecule has 2 atom stereocenters. The summed E-state index contributed by atoms with van der Waals surface area (Å²) in [4.78, 5) is 18.7. The standard InChI is InChI=1S/C29H29Cl2N3O5S/c1-3-15-13-34(29-32-26-22(37-2)11-17(28(35)36)12-23(26)40-29)10-9-21(15)38-14-18-25(33-39-27(18)16-7-8-16)24-19(30)5-4-6-20(24)31/h4-6,11-12,15-16,21H,3,7-10,13-14H2,1-2H3,(H,35,36)/t15-,21+/m1/s1. The van der Waals surface area contributed by atoms with Gasteiger partial charge in [0, 0.05) is 36.1 Å². The van der Waals surface area contributed by atoms with Gasteiger partial charge in [0.15, 0.2) is 5.13 Å². The largest absolute Gasteiger partial charge is 0.494 e. The van der Waals surface area contributed by atoms with E-state index in [4.69, 9.17) is 42.2 Å². The molecule has 2 aromatic heterocycles. The Balaban J connectivity index is 1.21. The Morgan fingerprint density at radius 1 is 1.23 bits per heavy atom. The summed E-state index contributed by atoms with van der Waals surface area (Å²) in [6.45, 7) is 4.12. The molecule has 1 aliphatic heterocycles. The Bertz CT molecular complexity index is 1550. The van der Waals surface area contributed by atoms with Gasteiger partial charge in [-0.25, -0.2) is 9.78 Å². The minimum atomic E-state index is -0.989. The van der Waals surface area contributed by atoms with Crippen LogP contribution in [-0.4, -0.2) is 47.5 Å². The van der Waals surface area contributed by atoms with Crippen molar-refractivity contribution in [1.82, 2.24) is 10.1 Å². The van der Waals surface area contributed by atoms with Gasteiger partial charge in [0.05, 0.1) is 40.1 Å². The second-order valence-corrected chi connectivity index (χ2v) is 12.1. The van der Waals surface area contributed by atoms with E-state index in [9.17, 15) is 9.90 Å². The van der Waals surface area contributed by atoms with Gasteiger partial charge in [-0.3, -0.25) is 0 Å². The van der Waals surface area contributed by atoms with Crippen LogP contribution in [0.3, 0.4) is 0 Å². The molecule has 1 aliphatic carbocycles. The fourth-order valence-electron chi connectivity index (χ4n) is 5.44. The number of aromatic carboxylic acids is 1. The van der Waals surface area contributed by atoms with Gasteiger partial charge in [0.2, 0.25) is 0 Å². The normalized spacial score (nSPS) is 19.4. The van der Waals surface area contributed by atoms with Gasteiger partial charge in [0.1, 0.15) is 22.7 Å². The molecule has 210 valence electrons. The zero-order valence-corrected chi connectivity index (χ0v) is 24.5. The van der Waals surface area contributed by atoms with Crippen molar-refractivity contribution >= 4 is 55.9 Å². The van der Waals surface area contributed by atoms with Crippen LogP contribution in [0.5, 0.6) is 5.75 Å². The van der Waals surface area contributed by atoms with Crippen molar-refractivity contribution in [3.05, 3.63) is 57.3 Å². The maximum atomic E-state index is 11.6. The van der Waals surface area contributed by atoms with Crippen LogP contribution >= 0.6 is 34.5 Å². The number of nitrogens with zero attached hydrogens (tertiary/aromatic N) is 3. The summed E-state index contributed by atoms with van der Waals surface area (Å²) in [6.07, 6.45) is 3.99. The first kappa shape index (κ1) is 27.3. The highest BCUT2D eigenvalue weighted by Crippen LogP contribution is 2.46. The highest BCUT2D eigenvalue weighted by molar-refractivity contribution is 7.22. The summed E-state index contributed by atoms with van der Waals surface area (Å²) in [6, 6.07) is 8.61.